The van der Waals surface area contributed by atoms with Gasteiger partial charge in [-0.3, -0.25) is 9.59 Å². The Balaban J connectivity index is 3.08. The number of carbonyl (C=O) groups is 2. The van der Waals surface area contributed by atoms with Gasteiger partial charge in [0.15, 0.2) is 0 Å². The normalized spacial score (nSPS) is 9.08. The van der Waals surface area contributed by atoms with Crippen LogP contribution in [0, 0.1) is 0 Å². The maximum atomic E-state index is 10.8. The molecule has 0 aromatic carbocycles. The second-order valence-corrected chi connectivity index (χ2v) is 2.70. The zero-order valence-corrected chi connectivity index (χ0v) is 7.77. The third kappa shape index (κ3) is 7.40. The lowest BCUT2D eigenvalue weighted by Crippen LogP contribution is -2.27. The van der Waals surface area contributed by atoms with Crippen molar-refractivity contribution in [3.63, 3.8) is 0 Å². The first kappa shape index (κ1) is 11.3. The molecule has 0 aliphatic rings. The molecule has 0 aliphatic carbocycles. The van der Waals surface area contributed by atoms with Crippen molar-refractivity contribution < 1.29 is 9.59 Å². The number of nitrogens with one attached hydrogen (secondary N) is 2. The van der Waals surface area contributed by atoms with E-state index in [1.807, 2.05) is 0 Å². The van der Waals surface area contributed by atoms with Crippen LogP contribution in [0.3, 0.4) is 0 Å². The van der Waals surface area contributed by atoms with Crippen LogP contribution in [-0.4, -0.2) is 31.2 Å². The van der Waals surface area contributed by atoms with E-state index in [-0.39, 0.29) is 5.91 Å². The van der Waals surface area contributed by atoms with Gasteiger partial charge in [0.2, 0.25) is 12.3 Å². The fourth-order valence-electron chi connectivity index (χ4n) is 0.667. The molecule has 0 saturated carbocycles. The number of amides is 2. The van der Waals surface area contributed by atoms with Gasteiger partial charge in [-0.05, 0) is 12.2 Å². The molecule has 0 spiro atoms. The summed E-state index contributed by atoms with van der Waals surface area (Å²) in [6.07, 6.45) is 1.86. The van der Waals surface area contributed by atoms with Crippen molar-refractivity contribution in [2.75, 3.05) is 18.8 Å². The molecular formula is C7H14N2O2S. The van der Waals surface area contributed by atoms with Crippen molar-refractivity contribution in [3.05, 3.63) is 0 Å². The minimum Gasteiger partial charge on any atom is -0.359 e. The van der Waals surface area contributed by atoms with Crippen LogP contribution >= 0.6 is 12.6 Å². The molecule has 0 unspecified atom stereocenters. The highest BCUT2D eigenvalue weighted by atomic mass is 32.1. The highest BCUT2D eigenvalue weighted by Gasteiger charge is 1.96. The Morgan fingerprint density at radius 3 is 2.75 bits per heavy atom. The first-order valence-corrected chi connectivity index (χ1v) is 4.49. The van der Waals surface area contributed by atoms with Crippen molar-refractivity contribution in [2.45, 2.75) is 12.8 Å². The third-order valence-electron chi connectivity index (χ3n) is 1.24. The highest BCUT2D eigenvalue weighted by Crippen LogP contribution is 1.83. The summed E-state index contributed by atoms with van der Waals surface area (Å²) >= 11 is 3.92. The average molecular weight is 190 g/mol. The maximum absolute atomic E-state index is 10.8. The predicted octanol–water partition coefficient (Wildman–Crippen LogP) is -0.441. The average Bonchev–Trinajstić information content (AvgIpc) is 2.05. The van der Waals surface area contributed by atoms with E-state index in [0.29, 0.717) is 31.7 Å². The summed E-state index contributed by atoms with van der Waals surface area (Å²) in [6.45, 7) is 1.21. The molecule has 0 rings (SSSR count). The van der Waals surface area contributed by atoms with E-state index in [1.165, 1.54) is 0 Å². The molecule has 70 valence electrons. The van der Waals surface area contributed by atoms with Crippen LogP contribution in [0.2, 0.25) is 0 Å². The molecule has 0 radical (unpaired) electrons. The number of hydrogen-bond acceptors (Lipinski definition) is 3. The smallest absolute Gasteiger partial charge is 0.220 e. The van der Waals surface area contributed by atoms with Crippen LogP contribution in [0.4, 0.5) is 0 Å². The largest absolute Gasteiger partial charge is 0.359 e. The molecule has 0 heterocycles. The molecular weight excluding hydrogens is 176 g/mol. The van der Waals surface area contributed by atoms with Gasteiger partial charge in [-0.15, -0.1) is 0 Å². The van der Waals surface area contributed by atoms with Crippen LogP contribution < -0.4 is 10.6 Å². The van der Waals surface area contributed by atoms with E-state index in [4.69, 9.17) is 0 Å². The molecule has 0 atom stereocenters. The van der Waals surface area contributed by atoms with Gasteiger partial charge in [-0.25, -0.2) is 0 Å². The van der Waals surface area contributed by atoms with Gasteiger partial charge >= 0.3 is 0 Å². The third-order valence-corrected chi connectivity index (χ3v) is 1.47. The SMILES string of the molecule is O=CNCCCNC(=O)CCS. The molecule has 4 nitrogen and oxygen atoms in total. The number of thiol groups is 1. The summed E-state index contributed by atoms with van der Waals surface area (Å²) < 4.78 is 0. The van der Waals surface area contributed by atoms with E-state index in [1.54, 1.807) is 0 Å². The first-order chi connectivity index (χ1) is 5.81. The van der Waals surface area contributed by atoms with Gasteiger partial charge in [-0.1, -0.05) is 0 Å². The predicted molar refractivity (Wildman–Crippen MR) is 50.2 cm³/mol. The van der Waals surface area contributed by atoms with Crippen LogP contribution in [-0.2, 0) is 9.59 Å². The van der Waals surface area contributed by atoms with Crippen LogP contribution in [0.5, 0.6) is 0 Å². The van der Waals surface area contributed by atoms with Gasteiger partial charge in [0.25, 0.3) is 0 Å². The van der Waals surface area contributed by atoms with Crippen molar-refractivity contribution in [3.8, 4) is 0 Å². The molecule has 2 N–H and O–H groups in total. The van der Waals surface area contributed by atoms with Crippen LogP contribution in [0.25, 0.3) is 0 Å². The van der Waals surface area contributed by atoms with Crippen molar-refractivity contribution >= 4 is 24.9 Å². The molecule has 12 heavy (non-hydrogen) atoms. The Morgan fingerprint density at radius 2 is 2.17 bits per heavy atom. The Morgan fingerprint density at radius 1 is 1.42 bits per heavy atom. The minimum absolute atomic E-state index is 0.0103. The van der Waals surface area contributed by atoms with E-state index >= 15 is 0 Å². The second kappa shape index (κ2) is 8.39. The topological polar surface area (TPSA) is 58.2 Å². The minimum atomic E-state index is 0.0103. The molecule has 0 aromatic rings. The lowest BCUT2D eigenvalue weighted by atomic mass is 10.4. The Bertz CT molecular complexity index is 141. The summed E-state index contributed by atoms with van der Waals surface area (Å²) in [7, 11) is 0. The number of rotatable bonds is 7. The van der Waals surface area contributed by atoms with Gasteiger partial charge < -0.3 is 10.6 Å². The van der Waals surface area contributed by atoms with Crippen LogP contribution in [0.15, 0.2) is 0 Å². The quantitative estimate of drug-likeness (QED) is 0.289. The lowest BCUT2D eigenvalue weighted by Gasteiger charge is -2.02. The summed E-state index contributed by atoms with van der Waals surface area (Å²) in [5.41, 5.74) is 0. The van der Waals surface area contributed by atoms with Gasteiger partial charge in [0, 0.05) is 19.5 Å². The molecule has 0 fully saturated rings. The zero-order chi connectivity index (χ0) is 9.23. The highest BCUT2D eigenvalue weighted by molar-refractivity contribution is 7.80. The summed E-state index contributed by atoms with van der Waals surface area (Å²) in [4.78, 5) is 20.6. The summed E-state index contributed by atoms with van der Waals surface area (Å²) in [5, 5.41) is 5.21. The fourth-order valence-corrected chi connectivity index (χ4v) is 0.870. The Kier molecular flexibility index (Phi) is 7.89. The van der Waals surface area contributed by atoms with Gasteiger partial charge in [0.1, 0.15) is 0 Å². The Labute approximate surface area is 77.5 Å². The monoisotopic (exact) mass is 190 g/mol. The summed E-state index contributed by atoms with van der Waals surface area (Å²) in [5.74, 6) is 0.578. The van der Waals surface area contributed by atoms with E-state index < -0.39 is 0 Å². The van der Waals surface area contributed by atoms with E-state index in [2.05, 4.69) is 23.3 Å². The molecule has 2 amide bonds. The van der Waals surface area contributed by atoms with Gasteiger partial charge in [0.05, 0.1) is 0 Å². The van der Waals surface area contributed by atoms with Crippen molar-refractivity contribution in [1.29, 1.82) is 0 Å². The standard InChI is InChI=1S/C7H14N2O2S/c10-6-8-3-1-4-9-7(11)2-5-12/h6,12H,1-5H2,(H,8,10)(H,9,11). The summed E-state index contributed by atoms with van der Waals surface area (Å²) in [6, 6.07) is 0. The number of carbonyl (C=O) groups excluding carboxylic acids is 2. The van der Waals surface area contributed by atoms with Crippen LogP contribution in [0.1, 0.15) is 12.8 Å². The maximum Gasteiger partial charge on any atom is 0.220 e. The second-order valence-electron chi connectivity index (χ2n) is 2.25. The van der Waals surface area contributed by atoms with Crippen molar-refractivity contribution in [1.82, 2.24) is 10.6 Å². The lowest BCUT2D eigenvalue weighted by molar-refractivity contribution is -0.120. The molecule has 0 bridgehead atoms. The van der Waals surface area contributed by atoms with E-state index in [0.717, 1.165) is 6.42 Å². The van der Waals surface area contributed by atoms with E-state index in [9.17, 15) is 9.59 Å². The molecule has 0 aromatic heterocycles. The molecule has 0 aliphatic heterocycles. The number of hydrogen-bond donors (Lipinski definition) is 3. The fraction of sp³-hybridized carbons (Fsp3) is 0.714. The Hall–Kier alpha value is -0.710. The molecule has 0 saturated heterocycles. The molecule has 5 heteroatoms. The van der Waals surface area contributed by atoms with Gasteiger partial charge in [-0.2, -0.15) is 12.6 Å². The first-order valence-electron chi connectivity index (χ1n) is 3.86. The van der Waals surface area contributed by atoms with Crippen molar-refractivity contribution in [2.24, 2.45) is 0 Å². The zero-order valence-electron chi connectivity index (χ0n) is 6.88.